The van der Waals surface area contributed by atoms with E-state index in [4.69, 9.17) is 9.47 Å². The fourth-order valence-electron chi connectivity index (χ4n) is 2.64. The minimum absolute atomic E-state index is 0.119. The van der Waals surface area contributed by atoms with Crippen molar-refractivity contribution in [3.63, 3.8) is 0 Å². The molecule has 1 fully saturated rings. The Bertz CT molecular complexity index is 418. The summed E-state index contributed by atoms with van der Waals surface area (Å²) in [5, 5.41) is 3.26. The molecule has 2 heterocycles. The van der Waals surface area contributed by atoms with Crippen molar-refractivity contribution in [1.29, 1.82) is 0 Å². The first-order valence-corrected chi connectivity index (χ1v) is 6.59. The van der Waals surface area contributed by atoms with Crippen LogP contribution in [0.15, 0.2) is 18.2 Å². The van der Waals surface area contributed by atoms with E-state index in [1.807, 2.05) is 12.1 Å². The largest absolute Gasteiger partial charge is 0.486 e. The molecule has 1 aromatic rings. The van der Waals surface area contributed by atoms with Gasteiger partial charge in [-0.15, -0.1) is 0 Å². The zero-order valence-electron chi connectivity index (χ0n) is 10.3. The second-order valence-electron chi connectivity index (χ2n) is 4.89. The van der Waals surface area contributed by atoms with Gasteiger partial charge >= 0.3 is 0 Å². The molecule has 1 atom stereocenters. The normalized spacial score (nSPS) is 21.6. The number of piperidine rings is 1. The van der Waals surface area contributed by atoms with E-state index >= 15 is 0 Å². The fraction of sp³-hybridized carbons (Fsp3) is 0.571. The van der Waals surface area contributed by atoms with Gasteiger partial charge in [0, 0.05) is 0 Å². The number of fused-ring (bicyclic) bond motifs is 1. The van der Waals surface area contributed by atoms with Gasteiger partial charge < -0.3 is 14.8 Å². The van der Waals surface area contributed by atoms with Crippen LogP contribution in [-0.2, 0) is 0 Å². The summed E-state index contributed by atoms with van der Waals surface area (Å²) >= 11 is 0. The first-order valence-electron chi connectivity index (χ1n) is 6.59. The highest BCUT2D eigenvalue weighted by Gasteiger charge is 2.26. The molecule has 3 rings (SSSR count). The number of hydrogen-bond donors (Lipinski definition) is 1. The van der Waals surface area contributed by atoms with E-state index in [1.165, 1.54) is 0 Å². The third-order valence-electron chi connectivity index (χ3n) is 3.68. The van der Waals surface area contributed by atoms with Gasteiger partial charge in [0.2, 0.25) is 0 Å². The van der Waals surface area contributed by atoms with Crippen molar-refractivity contribution in [3.05, 3.63) is 23.8 Å². The lowest BCUT2D eigenvalue weighted by molar-refractivity contribution is 0.167. The SMILES string of the molecule is FC(c1ccc2c(c1)OCCO2)C1CCNCC1. The second-order valence-corrected chi connectivity index (χ2v) is 4.89. The van der Waals surface area contributed by atoms with Gasteiger partial charge in [-0.25, -0.2) is 4.39 Å². The molecule has 0 spiro atoms. The monoisotopic (exact) mass is 251 g/mol. The van der Waals surface area contributed by atoms with Crippen molar-refractivity contribution in [2.24, 2.45) is 5.92 Å². The summed E-state index contributed by atoms with van der Waals surface area (Å²) in [6.07, 6.45) is 0.897. The second kappa shape index (κ2) is 5.14. The van der Waals surface area contributed by atoms with E-state index in [2.05, 4.69) is 5.32 Å². The van der Waals surface area contributed by atoms with Gasteiger partial charge in [-0.1, -0.05) is 6.07 Å². The Morgan fingerprint density at radius 2 is 1.83 bits per heavy atom. The molecule has 1 unspecified atom stereocenters. The van der Waals surface area contributed by atoms with Crippen LogP contribution in [0.2, 0.25) is 0 Å². The van der Waals surface area contributed by atoms with Crippen LogP contribution in [0.4, 0.5) is 4.39 Å². The summed E-state index contributed by atoms with van der Waals surface area (Å²) in [5.41, 5.74) is 0.714. The maximum Gasteiger partial charge on any atom is 0.161 e. The number of ether oxygens (including phenoxy) is 2. The molecule has 1 aromatic carbocycles. The predicted molar refractivity (Wildman–Crippen MR) is 66.9 cm³/mol. The van der Waals surface area contributed by atoms with Crippen molar-refractivity contribution in [2.75, 3.05) is 26.3 Å². The van der Waals surface area contributed by atoms with Crippen LogP contribution in [0.5, 0.6) is 11.5 Å². The summed E-state index contributed by atoms with van der Waals surface area (Å²) in [5.74, 6) is 1.52. The van der Waals surface area contributed by atoms with Gasteiger partial charge in [0.15, 0.2) is 11.5 Å². The molecule has 3 nitrogen and oxygen atoms in total. The van der Waals surface area contributed by atoms with Crippen molar-refractivity contribution < 1.29 is 13.9 Å². The molecular weight excluding hydrogens is 233 g/mol. The number of hydrogen-bond acceptors (Lipinski definition) is 3. The quantitative estimate of drug-likeness (QED) is 0.876. The van der Waals surface area contributed by atoms with Gasteiger partial charge in [0.1, 0.15) is 19.4 Å². The number of halogens is 1. The summed E-state index contributed by atoms with van der Waals surface area (Å²) in [6.45, 7) is 2.94. The standard InChI is InChI=1S/C14H18FNO2/c15-14(10-3-5-16-6-4-10)11-1-2-12-13(9-11)18-8-7-17-12/h1-2,9-10,14,16H,3-8H2. The van der Waals surface area contributed by atoms with Crippen LogP contribution in [-0.4, -0.2) is 26.3 Å². The topological polar surface area (TPSA) is 30.5 Å². The van der Waals surface area contributed by atoms with E-state index in [1.54, 1.807) is 6.07 Å². The number of rotatable bonds is 2. The molecule has 98 valence electrons. The summed E-state index contributed by atoms with van der Waals surface area (Å²) < 4.78 is 25.4. The van der Waals surface area contributed by atoms with Crippen molar-refractivity contribution in [2.45, 2.75) is 19.0 Å². The maximum absolute atomic E-state index is 14.5. The lowest BCUT2D eigenvalue weighted by atomic mass is 9.89. The van der Waals surface area contributed by atoms with Crippen LogP contribution in [0.1, 0.15) is 24.6 Å². The van der Waals surface area contributed by atoms with Gasteiger partial charge in [0.25, 0.3) is 0 Å². The minimum atomic E-state index is -0.900. The van der Waals surface area contributed by atoms with Crippen molar-refractivity contribution in [1.82, 2.24) is 5.32 Å². The summed E-state index contributed by atoms with van der Waals surface area (Å²) in [4.78, 5) is 0. The molecular formula is C14H18FNO2. The molecule has 2 aliphatic rings. The van der Waals surface area contributed by atoms with Crippen molar-refractivity contribution >= 4 is 0 Å². The number of alkyl halides is 1. The lowest BCUT2D eigenvalue weighted by Gasteiger charge is -2.27. The van der Waals surface area contributed by atoms with E-state index in [0.717, 1.165) is 31.7 Å². The summed E-state index contributed by atoms with van der Waals surface area (Å²) in [7, 11) is 0. The van der Waals surface area contributed by atoms with Crippen LogP contribution in [0.25, 0.3) is 0 Å². The van der Waals surface area contributed by atoms with E-state index in [-0.39, 0.29) is 5.92 Å². The fourth-order valence-corrected chi connectivity index (χ4v) is 2.64. The Labute approximate surface area is 106 Å². The Hall–Kier alpha value is -1.29. The summed E-state index contributed by atoms with van der Waals surface area (Å²) in [6, 6.07) is 5.43. The minimum Gasteiger partial charge on any atom is -0.486 e. The Kier molecular flexibility index (Phi) is 3.37. The molecule has 0 aromatic heterocycles. The molecule has 0 aliphatic carbocycles. The van der Waals surface area contributed by atoms with Gasteiger partial charge in [0.05, 0.1) is 0 Å². The van der Waals surface area contributed by atoms with E-state index < -0.39 is 6.17 Å². The van der Waals surface area contributed by atoms with Gasteiger partial charge in [-0.05, 0) is 49.5 Å². The third kappa shape index (κ3) is 2.29. The molecule has 0 amide bonds. The smallest absolute Gasteiger partial charge is 0.161 e. The van der Waals surface area contributed by atoms with Crippen LogP contribution in [0.3, 0.4) is 0 Å². The first-order chi connectivity index (χ1) is 8.84. The van der Waals surface area contributed by atoms with E-state index in [0.29, 0.717) is 24.5 Å². The molecule has 0 saturated carbocycles. The lowest BCUT2D eigenvalue weighted by Crippen LogP contribution is -2.29. The zero-order chi connectivity index (χ0) is 12.4. The van der Waals surface area contributed by atoms with Crippen LogP contribution < -0.4 is 14.8 Å². The maximum atomic E-state index is 14.5. The molecule has 1 N–H and O–H groups in total. The highest BCUT2D eigenvalue weighted by Crippen LogP contribution is 2.37. The molecule has 0 radical (unpaired) electrons. The van der Waals surface area contributed by atoms with Crippen molar-refractivity contribution in [3.8, 4) is 11.5 Å². The molecule has 0 bridgehead atoms. The molecule has 18 heavy (non-hydrogen) atoms. The average Bonchev–Trinajstić information content (AvgIpc) is 2.47. The highest BCUT2D eigenvalue weighted by molar-refractivity contribution is 5.44. The number of benzene rings is 1. The predicted octanol–water partition coefficient (Wildman–Crippen LogP) is 2.47. The van der Waals surface area contributed by atoms with Gasteiger partial charge in [-0.3, -0.25) is 0 Å². The van der Waals surface area contributed by atoms with E-state index in [9.17, 15) is 4.39 Å². The Morgan fingerprint density at radius 3 is 2.61 bits per heavy atom. The Morgan fingerprint density at radius 1 is 1.11 bits per heavy atom. The highest BCUT2D eigenvalue weighted by atomic mass is 19.1. The van der Waals surface area contributed by atoms with Crippen LogP contribution >= 0.6 is 0 Å². The molecule has 4 heteroatoms. The number of nitrogens with one attached hydrogen (secondary N) is 1. The van der Waals surface area contributed by atoms with Gasteiger partial charge in [-0.2, -0.15) is 0 Å². The van der Waals surface area contributed by atoms with Crippen LogP contribution in [0, 0.1) is 5.92 Å². The average molecular weight is 251 g/mol. The Balaban J connectivity index is 1.78. The third-order valence-corrected chi connectivity index (χ3v) is 3.68. The zero-order valence-corrected chi connectivity index (χ0v) is 10.3. The molecule has 1 saturated heterocycles. The molecule has 2 aliphatic heterocycles. The first kappa shape index (κ1) is 11.8.